The van der Waals surface area contributed by atoms with Gasteiger partial charge < -0.3 is 4.74 Å². The monoisotopic (exact) mass is 212 g/mol. The highest BCUT2D eigenvalue weighted by Crippen LogP contribution is 2.43. The fourth-order valence-electron chi connectivity index (χ4n) is 2.20. The molecular weight excluding hydrogens is 192 g/mol. The van der Waals surface area contributed by atoms with Crippen LogP contribution in [0.1, 0.15) is 41.0 Å². The summed E-state index contributed by atoms with van der Waals surface area (Å²) in [5.41, 5.74) is -0.168. The molecule has 0 N–H and O–H groups in total. The largest absolute Gasteiger partial charge is 0.393 e. The number of hydrogen-bond acceptors (Lipinski definition) is 3. The van der Waals surface area contributed by atoms with Gasteiger partial charge in [0.05, 0.1) is 11.8 Å². The van der Waals surface area contributed by atoms with E-state index in [9.17, 15) is 9.59 Å². The van der Waals surface area contributed by atoms with Crippen molar-refractivity contribution in [3.63, 3.8) is 0 Å². The number of cyclic esters (lactones) is 2. The Labute approximate surface area is 91.2 Å². The molecule has 0 aromatic carbocycles. The van der Waals surface area contributed by atoms with Crippen molar-refractivity contribution in [1.29, 1.82) is 0 Å². The Bertz CT molecular complexity index is 279. The van der Waals surface area contributed by atoms with Crippen LogP contribution in [-0.2, 0) is 14.3 Å². The van der Waals surface area contributed by atoms with Gasteiger partial charge in [-0.25, -0.2) is 0 Å². The van der Waals surface area contributed by atoms with Crippen molar-refractivity contribution < 1.29 is 14.3 Å². The molecule has 3 nitrogen and oxygen atoms in total. The fraction of sp³-hybridized carbons (Fsp3) is 0.833. The van der Waals surface area contributed by atoms with E-state index in [-0.39, 0.29) is 35.1 Å². The Balaban J connectivity index is 3.03. The summed E-state index contributed by atoms with van der Waals surface area (Å²) in [6, 6.07) is 0. The Morgan fingerprint density at radius 2 is 1.80 bits per heavy atom. The minimum absolute atomic E-state index is 0.153. The topological polar surface area (TPSA) is 43.4 Å². The summed E-state index contributed by atoms with van der Waals surface area (Å²) in [4.78, 5) is 23.2. The maximum atomic E-state index is 11.7. The van der Waals surface area contributed by atoms with Gasteiger partial charge in [-0.15, -0.1) is 0 Å². The molecule has 86 valence electrons. The molecule has 2 atom stereocenters. The molecule has 1 fully saturated rings. The van der Waals surface area contributed by atoms with Gasteiger partial charge in [0.1, 0.15) is 0 Å². The summed E-state index contributed by atoms with van der Waals surface area (Å²) in [7, 11) is 0. The molecule has 1 rings (SSSR count). The lowest BCUT2D eigenvalue weighted by atomic mass is 9.68. The minimum atomic E-state index is -0.346. The van der Waals surface area contributed by atoms with Gasteiger partial charge >= 0.3 is 11.9 Å². The van der Waals surface area contributed by atoms with E-state index < -0.39 is 0 Å². The molecule has 1 saturated heterocycles. The minimum Gasteiger partial charge on any atom is -0.393 e. The van der Waals surface area contributed by atoms with E-state index in [1.165, 1.54) is 0 Å². The second-order valence-electron chi connectivity index (χ2n) is 5.33. The molecule has 0 aromatic rings. The fourth-order valence-corrected chi connectivity index (χ4v) is 2.20. The predicted molar refractivity (Wildman–Crippen MR) is 57.0 cm³/mol. The average molecular weight is 212 g/mol. The first kappa shape index (κ1) is 12.2. The smallest absolute Gasteiger partial charge is 0.318 e. The first-order valence-electron chi connectivity index (χ1n) is 5.56. The third kappa shape index (κ3) is 2.06. The van der Waals surface area contributed by atoms with Gasteiger partial charge in [-0.05, 0) is 11.3 Å². The van der Waals surface area contributed by atoms with Crippen molar-refractivity contribution in [2.45, 2.75) is 41.0 Å². The number of rotatable bonds is 3. The van der Waals surface area contributed by atoms with E-state index in [4.69, 9.17) is 4.74 Å². The van der Waals surface area contributed by atoms with Crippen LogP contribution in [0.15, 0.2) is 0 Å². The van der Waals surface area contributed by atoms with Crippen molar-refractivity contribution in [2.24, 2.45) is 23.2 Å². The molecule has 0 aliphatic carbocycles. The molecule has 3 heteroatoms. The van der Waals surface area contributed by atoms with Crippen molar-refractivity contribution in [2.75, 3.05) is 0 Å². The lowest BCUT2D eigenvalue weighted by molar-refractivity contribution is -0.154. The summed E-state index contributed by atoms with van der Waals surface area (Å²) >= 11 is 0. The van der Waals surface area contributed by atoms with Crippen LogP contribution in [0.3, 0.4) is 0 Å². The van der Waals surface area contributed by atoms with Gasteiger partial charge in [0, 0.05) is 0 Å². The highest BCUT2D eigenvalue weighted by Gasteiger charge is 2.52. The quantitative estimate of drug-likeness (QED) is 0.533. The zero-order valence-electron chi connectivity index (χ0n) is 10.2. The molecule has 15 heavy (non-hydrogen) atoms. The van der Waals surface area contributed by atoms with Gasteiger partial charge in [-0.2, -0.15) is 0 Å². The van der Waals surface area contributed by atoms with E-state index in [1.54, 1.807) is 0 Å². The third-order valence-electron chi connectivity index (χ3n) is 3.56. The number of ether oxygens (including phenoxy) is 1. The van der Waals surface area contributed by atoms with Crippen LogP contribution in [-0.4, -0.2) is 11.9 Å². The van der Waals surface area contributed by atoms with Crippen LogP contribution in [0.5, 0.6) is 0 Å². The molecule has 1 heterocycles. The second-order valence-corrected chi connectivity index (χ2v) is 5.33. The van der Waals surface area contributed by atoms with Crippen molar-refractivity contribution in [3.8, 4) is 0 Å². The Hall–Kier alpha value is -0.860. The van der Waals surface area contributed by atoms with Gasteiger partial charge in [-0.3, -0.25) is 9.59 Å². The van der Waals surface area contributed by atoms with E-state index >= 15 is 0 Å². The Kier molecular flexibility index (Phi) is 3.22. The molecule has 0 spiro atoms. The Morgan fingerprint density at radius 1 is 1.27 bits per heavy atom. The predicted octanol–water partition coefficient (Wildman–Crippen LogP) is 2.39. The zero-order chi connectivity index (χ0) is 11.8. The molecule has 0 amide bonds. The molecule has 0 aromatic heterocycles. The average Bonchev–Trinajstić information content (AvgIpc) is 2.41. The summed E-state index contributed by atoms with van der Waals surface area (Å²) in [5.74, 6) is -1.09. The van der Waals surface area contributed by atoms with Crippen LogP contribution in [0.2, 0.25) is 0 Å². The third-order valence-corrected chi connectivity index (χ3v) is 3.56. The molecule has 0 bridgehead atoms. The van der Waals surface area contributed by atoms with Gasteiger partial charge in [0.25, 0.3) is 0 Å². The first-order valence-corrected chi connectivity index (χ1v) is 5.56. The van der Waals surface area contributed by atoms with Crippen molar-refractivity contribution in [3.05, 3.63) is 0 Å². The van der Waals surface area contributed by atoms with E-state index in [0.717, 1.165) is 6.42 Å². The molecule has 1 aliphatic rings. The first-order chi connectivity index (χ1) is 6.81. The molecule has 1 aliphatic heterocycles. The van der Waals surface area contributed by atoms with Crippen LogP contribution >= 0.6 is 0 Å². The summed E-state index contributed by atoms with van der Waals surface area (Å²) < 4.78 is 4.76. The highest BCUT2D eigenvalue weighted by molar-refractivity contribution is 5.97. The van der Waals surface area contributed by atoms with E-state index in [2.05, 4.69) is 0 Å². The molecular formula is C12H20O3. The van der Waals surface area contributed by atoms with Gasteiger partial charge in [-0.1, -0.05) is 41.0 Å². The van der Waals surface area contributed by atoms with E-state index in [1.807, 2.05) is 34.6 Å². The van der Waals surface area contributed by atoms with Crippen molar-refractivity contribution >= 4 is 11.9 Å². The second kappa shape index (κ2) is 3.95. The Morgan fingerprint density at radius 3 is 2.20 bits per heavy atom. The number of esters is 2. The van der Waals surface area contributed by atoms with Gasteiger partial charge in [0.2, 0.25) is 0 Å². The van der Waals surface area contributed by atoms with Crippen molar-refractivity contribution in [1.82, 2.24) is 0 Å². The van der Waals surface area contributed by atoms with Crippen LogP contribution in [0, 0.1) is 23.2 Å². The van der Waals surface area contributed by atoms with Crippen LogP contribution in [0.25, 0.3) is 0 Å². The molecule has 1 unspecified atom stereocenters. The maximum absolute atomic E-state index is 11.7. The number of hydrogen-bond donors (Lipinski definition) is 0. The standard InChI is InChI=1S/C12H20O3/c1-6-12(4,5)9-8(7(2)3)10(13)15-11(9)14/h7-9H,6H2,1-5H3/t8-,9?/m1/s1. The zero-order valence-corrected chi connectivity index (χ0v) is 10.2. The van der Waals surface area contributed by atoms with E-state index in [0.29, 0.717) is 0 Å². The maximum Gasteiger partial charge on any atom is 0.318 e. The summed E-state index contributed by atoms with van der Waals surface area (Å²) in [6.07, 6.45) is 0.864. The lowest BCUT2D eigenvalue weighted by Crippen LogP contribution is -2.35. The normalized spacial score (nSPS) is 27.3. The number of carbonyl (C=O) groups excluding carboxylic acids is 2. The van der Waals surface area contributed by atoms with Gasteiger partial charge in [0.15, 0.2) is 0 Å². The molecule has 0 saturated carbocycles. The lowest BCUT2D eigenvalue weighted by Gasteiger charge is -2.31. The highest BCUT2D eigenvalue weighted by atomic mass is 16.6. The summed E-state index contributed by atoms with van der Waals surface area (Å²) in [6.45, 7) is 10.00. The van der Waals surface area contributed by atoms with Crippen LogP contribution < -0.4 is 0 Å². The SMILES string of the molecule is CCC(C)(C)C1C(=O)OC(=O)[C@@H]1C(C)C. The molecule has 0 radical (unpaired) electrons. The summed E-state index contributed by atoms with van der Waals surface area (Å²) in [5, 5.41) is 0. The van der Waals surface area contributed by atoms with Crippen LogP contribution in [0.4, 0.5) is 0 Å². The number of carbonyl (C=O) groups is 2.